The summed E-state index contributed by atoms with van der Waals surface area (Å²) in [6, 6.07) is 8.53. The van der Waals surface area contributed by atoms with Crippen LogP contribution in [0.5, 0.6) is 5.75 Å². The molecule has 1 saturated heterocycles. The van der Waals surface area contributed by atoms with Gasteiger partial charge in [0.15, 0.2) is 0 Å². The highest BCUT2D eigenvalue weighted by atomic mass is 19.4. The van der Waals surface area contributed by atoms with Gasteiger partial charge in [-0.15, -0.1) is 0 Å². The third-order valence-corrected chi connectivity index (χ3v) is 4.37. The van der Waals surface area contributed by atoms with Crippen molar-refractivity contribution in [3.8, 4) is 5.75 Å². The number of alkyl halides is 3. The second kappa shape index (κ2) is 7.01. The maximum Gasteiger partial charge on any atom is 0.416 e. The quantitative estimate of drug-likeness (QED) is 0.916. The van der Waals surface area contributed by atoms with E-state index >= 15 is 0 Å². The fraction of sp³-hybridized carbons (Fsp3) is 0.389. The number of rotatable bonds is 4. The van der Waals surface area contributed by atoms with Crippen molar-refractivity contribution in [2.24, 2.45) is 0 Å². The molecule has 3 rings (SSSR count). The van der Waals surface area contributed by atoms with Gasteiger partial charge < -0.3 is 9.84 Å². The smallest absolute Gasteiger partial charge is 0.416 e. The van der Waals surface area contributed by atoms with Crippen molar-refractivity contribution in [3.63, 3.8) is 0 Å². The number of aliphatic hydroxyl groups is 1. The molecule has 0 saturated carbocycles. The van der Waals surface area contributed by atoms with Gasteiger partial charge in [-0.05, 0) is 30.2 Å². The summed E-state index contributed by atoms with van der Waals surface area (Å²) in [5, 5.41) is 10.0. The van der Waals surface area contributed by atoms with E-state index in [-0.39, 0.29) is 6.04 Å². The van der Waals surface area contributed by atoms with Gasteiger partial charge >= 0.3 is 6.18 Å². The van der Waals surface area contributed by atoms with Crippen LogP contribution in [-0.2, 0) is 12.7 Å². The van der Waals surface area contributed by atoms with Crippen LogP contribution in [0.25, 0.3) is 0 Å². The van der Waals surface area contributed by atoms with E-state index in [0.717, 1.165) is 17.8 Å². The Labute approximate surface area is 143 Å². The zero-order chi connectivity index (χ0) is 18.0. The lowest BCUT2D eigenvalue weighted by Gasteiger charge is -2.25. The fourth-order valence-corrected chi connectivity index (χ4v) is 3.20. The topological polar surface area (TPSA) is 45.6 Å². The van der Waals surface area contributed by atoms with Crippen LogP contribution in [0.3, 0.4) is 0 Å². The summed E-state index contributed by atoms with van der Waals surface area (Å²) in [5.74, 6) is 0.667. The van der Waals surface area contributed by atoms with Gasteiger partial charge in [-0.1, -0.05) is 12.1 Å². The molecule has 0 aliphatic carbocycles. The molecule has 1 N–H and O–H groups in total. The summed E-state index contributed by atoms with van der Waals surface area (Å²) >= 11 is 0. The first-order valence-electron chi connectivity index (χ1n) is 7.95. The number of hydrogen-bond donors (Lipinski definition) is 1. The zero-order valence-electron chi connectivity index (χ0n) is 13.7. The predicted octanol–water partition coefficient (Wildman–Crippen LogP) is 3.42. The highest BCUT2D eigenvalue weighted by Gasteiger charge is 2.35. The van der Waals surface area contributed by atoms with Crippen LogP contribution in [0.2, 0.25) is 0 Å². The number of β-amino-alcohol motifs (C(OH)–C–C–N with tert-alkyl or cyclic N) is 1. The van der Waals surface area contributed by atoms with Crippen molar-refractivity contribution >= 4 is 0 Å². The molecule has 0 radical (unpaired) electrons. The van der Waals surface area contributed by atoms with E-state index in [2.05, 4.69) is 4.98 Å². The van der Waals surface area contributed by atoms with Gasteiger partial charge in [0.25, 0.3) is 0 Å². The van der Waals surface area contributed by atoms with Gasteiger partial charge in [-0.25, -0.2) is 0 Å². The maximum atomic E-state index is 13.0. The van der Waals surface area contributed by atoms with Gasteiger partial charge in [0.05, 0.1) is 24.5 Å². The number of nitrogens with zero attached hydrogens (tertiary/aromatic N) is 2. The van der Waals surface area contributed by atoms with Gasteiger partial charge in [0, 0.05) is 31.4 Å². The van der Waals surface area contributed by atoms with E-state index in [1.54, 1.807) is 31.5 Å². The Kier molecular flexibility index (Phi) is 4.96. The number of pyridine rings is 1. The Bertz CT molecular complexity index is 736. The molecule has 2 heterocycles. The van der Waals surface area contributed by atoms with Crippen molar-refractivity contribution in [3.05, 3.63) is 59.4 Å². The van der Waals surface area contributed by atoms with E-state index in [1.165, 1.54) is 6.07 Å². The minimum Gasteiger partial charge on any atom is -0.497 e. The SMILES string of the molecule is COc1ccnc(CN2C[C@H](O)C[C@H]2c2cccc(C(F)(F)F)c2)c1. The van der Waals surface area contributed by atoms with E-state index in [4.69, 9.17) is 4.74 Å². The van der Waals surface area contributed by atoms with Gasteiger partial charge in [0.2, 0.25) is 0 Å². The van der Waals surface area contributed by atoms with E-state index in [9.17, 15) is 18.3 Å². The van der Waals surface area contributed by atoms with Gasteiger partial charge in [-0.2, -0.15) is 13.2 Å². The first-order chi connectivity index (χ1) is 11.9. The zero-order valence-corrected chi connectivity index (χ0v) is 13.7. The number of benzene rings is 1. The molecule has 0 unspecified atom stereocenters. The van der Waals surface area contributed by atoms with Crippen LogP contribution in [0, 0.1) is 0 Å². The standard InChI is InChI=1S/C18H19F3N2O2/c1-25-16-5-6-22-14(8-16)10-23-11-15(24)9-17(23)12-3-2-4-13(7-12)18(19,20)21/h2-8,15,17,24H,9-11H2,1H3/t15-,17+/m1/s1. The van der Waals surface area contributed by atoms with Gasteiger partial charge in [-0.3, -0.25) is 9.88 Å². The molecule has 0 bridgehead atoms. The van der Waals surface area contributed by atoms with Crippen molar-refractivity contribution in [1.29, 1.82) is 0 Å². The second-order valence-corrected chi connectivity index (χ2v) is 6.14. The Balaban J connectivity index is 1.84. The van der Waals surface area contributed by atoms with Crippen LogP contribution >= 0.6 is 0 Å². The molecule has 1 aliphatic rings. The van der Waals surface area contributed by atoms with Crippen molar-refractivity contribution in [1.82, 2.24) is 9.88 Å². The number of likely N-dealkylation sites (tertiary alicyclic amines) is 1. The molecule has 2 atom stereocenters. The highest BCUT2D eigenvalue weighted by molar-refractivity contribution is 5.29. The summed E-state index contributed by atoms with van der Waals surface area (Å²) < 4.78 is 44.1. The largest absolute Gasteiger partial charge is 0.497 e. The van der Waals surface area contributed by atoms with Crippen molar-refractivity contribution in [2.45, 2.75) is 31.3 Å². The van der Waals surface area contributed by atoms with Crippen molar-refractivity contribution < 1.29 is 23.0 Å². The Morgan fingerprint density at radius 3 is 2.80 bits per heavy atom. The molecular formula is C18H19F3N2O2. The second-order valence-electron chi connectivity index (χ2n) is 6.14. The van der Waals surface area contributed by atoms with Crippen LogP contribution in [0.15, 0.2) is 42.6 Å². The summed E-state index contributed by atoms with van der Waals surface area (Å²) in [6.45, 7) is 0.814. The fourth-order valence-electron chi connectivity index (χ4n) is 3.20. The normalized spacial score (nSPS) is 21.5. The Morgan fingerprint density at radius 2 is 2.08 bits per heavy atom. The van der Waals surface area contributed by atoms with Gasteiger partial charge in [0.1, 0.15) is 5.75 Å². The molecule has 0 amide bonds. The molecule has 1 aromatic carbocycles. The molecule has 25 heavy (non-hydrogen) atoms. The van der Waals surface area contributed by atoms with E-state index in [1.807, 2.05) is 4.90 Å². The Hall–Kier alpha value is -2.12. The monoisotopic (exact) mass is 352 g/mol. The van der Waals surface area contributed by atoms with E-state index < -0.39 is 17.8 Å². The molecule has 0 spiro atoms. The molecule has 1 fully saturated rings. The molecular weight excluding hydrogens is 333 g/mol. The van der Waals surface area contributed by atoms with E-state index in [0.29, 0.717) is 30.8 Å². The number of methoxy groups -OCH3 is 1. The lowest BCUT2D eigenvalue weighted by atomic mass is 10.0. The first-order valence-corrected chi connectivity index (χ1v) is 7.95. The maximum absolute atomic E-state index is 13.0. The third-order valence-electron chi connectivity index (χ3n) is 4.37. The number of aromatic nitrogens is 1. The lowest BCUT2D eigenvalue weighted by Crippen LogP contribution is -2.25. The number of ether oxygens (including phenoxy) is 1. The number of halogens is 3. The molecule has 1 aromatic heterocycles. The van der Waals surface area contributed by atoms with Crippen LogP contribution in [0.4, 0.5) is 13.2 Å². The number of aliphatic hydroxyl groups excluding tert-OH is 1. The van der Waals surface area contributed by atoms with Crippen LogP contribution in [-0.4, -0.2) is 34.7 Å². The highest BCUT2D eigenvalue weighted by Crippen LogP contribution is 2.36. The average molecular weight is 352 g/mol. The minimum atomic E-state index is -4.38. The predicted molar refractivity (Wildman–Crippen MR) is 86.0 cm³/mol. The molecule has 134 valence electrons. The summed E-state index contributed by atoms with van der Waals surface area (Å²) in [6.07, 6.45) is -2.94. The summed E-state index contributed by atoms with van der Waals surface area (Å²) in [7, 11) is 1.56. The molecule has 2 aromatic rings. The first kappa shape index (κ1) is 17.7. The molecule has 4 nitrogen and oxygen atoms in total. The van der Waals surface area contributed by atoms with Crippen molar-refractivity contribution in [2.75, 3.05) is 13.7 Å². The summed E-state index contributed by atoms with van der Waals surface area (Å²) in [5.41, 5.74) is 0.616. The van der Waals surface area contributed by atoms with Crippen LogP contribution in [0.1, 0.15) is 29.3 Å². The summed E-state index contributed by atoms with van der Waals surface area (Å²) in [4.78, 5) is 6.22. The average Bonchev–Trinajstić information content (AvgIpc) is 2.95. The minimum absolute atomic E-state index is 0.287. The third kappa shape index (κ3) is 4.11. The number of hydrogen-bond acceptors (Lipinski definition) is 4. The molecule has 1 aliphatic heterocycles. The lowest BCUT2D eigenvalue weighted by molar-refractivity contribution is -0.137. The Morgan fingerprint density at radius 1 is 1.28 bits per heavy atom. The van der Waals surface area contributed by atoms with Crippen LogP contribution < -0.4 is 4.74 Å². The molecule has 7 heteroatoms.